The van der Waals surface area contributed by atoms with Gasteiger partial charge >= 0.3 is 0 Å². The van der Waals surface area contributed by atoms with Crippen LogP contribution in [0.1, 0.15) is 12.5 Å². The van der Waals surface area contributed by atoms with Crippen molar-refractivity contribution in [2.45, 2.75) is 6.92 Å². The second-order valence-electron chi connectivity index (χ2n) is 7.03. The summed E-state index contributed by atoms with van der Waals surface area (Å²) in [7, 11) is 3.78. The number of rotatable bonds is 4. The van der Waals surface area contributed by atoms with Crippen LogP contribution >= 0.6 is 0 Å². The van der Waals surface area contributed by atoms with Gasteiger partial charge in [-0.1, -0.05) is 24.8 Å². The summed E-state index contributed by atoms with van der Waals surface area (Å²) in [5.74, 6) is 0.669. The molecule has 0 aliphatic carbocycles. The van der Waals surface area contributed by atoms with Crippen LogP contribution < -0.4 is 16.4 Å². The number of fused-ring (bicyclic) bond motifs is 1. The highest BCUT2D eigenvalue weighted by atomic mass is 15.2. The molecule has 4 rings (SSSR count). The van der Waals surface area contributed by atoms with Crippen molar-refractivity contribution < 1.29 is 0 Å². The molecule has 7 nitrogen and oxygen atoms in total. The van der Waals surface area contributed by atoms with E-state index in [-0.39, 0.29) is 0 Å². The number of hydrogen-bond acceptors (Lipinski definition) is 6. The molecule has 7 heteroatoms. The molecule has 0 saturated carbocycles. The van der Waals surface area contributed by atoms with Gasteiger partial charge < -0.3 is 21.3 Å². The van der Waals surface area contributed by atoms with E-state index in [0.29, 0.717) is 11.5 Å². The van der Waals surface area contributed by atoms with Crippen molar-refractivity contribution in [3.05, 3.63) is 78.9 Å². The lowest BCUT2D eigenvalue weighted by molar-refractivity contribution is 0.658. The molecule has 0 atom stereocenters. The molecule has 0 spiro atoms. The highest BCUT2D eigenvalue weighted by Gasteiger charge is 2.19. The van der Waals surface area contributed by atoms with Crippen LogP contribution in [0, 0.1) is 0 Å². The molecular formula is C23H25N7. The number of nitrogen functional groups attached to an aromatic ring is 1. The Morgan fingerprint density at radius 3 is 2.77 bits per heavy atom. The Kier molecular flexibility index (Phi) is 5.02. The van der Waals surface area contributed by atoms with Crippen LogP contribution in [-0.2, 0) is 7.05 Å². The fourth-order valence-electron chi connectivity index (χ4n) is 3.37. The van der Waals surface area contributed by atoms with Crippen LogP contribution in [0.3, 0.4) is 0 Å². The zero-order valence-corrected chi connectivity index (χ0v) is 17.3. The summed E-state index contributed by atoms with van der Waals surface area (Å²) in [6.07, 6.45) is 7.77. The van der Waals surface area contributed by atoms with E-state index in [0.717, 1.165) is 39.2 Å². The number of nitrogens with one attached hydrogen (secondary N) is 2. The second-order valence-corrected chi connectivity index (χ2v) is 7.03. The summed E-state index contributed by atoms with van der Waals surface area (Å²) in [6.45, 7) is 6.19. The molecule has 3 aromatic rings. The molecule has 0 bridgehead atoms. The van der Waals surface area contributed by atoms with E-state index in [2.05, 4.69) is 40.5 Å². The lowest BCUT2D eigenvalue weighted by atomic mass is 10.1. The molecule has 1 aliphatic rings. The topological polar surface area (TPSA) is 83.5 Å². The number of nitrogens with zero attached hydrogens (tertiary/aromatic N) is 4. The first-order valence-electron chi connectivity index (χ1n) is 9.67. The van der Waals surface area contributed by atoms with Gasteiger partial charge in [0, 0.05) is 43.1 Å². The van der Waals surface area contributed by atoms with Gasteiger partial charge in [0.15, 0.2) is 5.84 Å². The molecule has 0 fully saturated rings. The lowest BCUT2D eigenvalue weighted by Gasteiger charge is -2.26. The molecule has 1 aromatic heterocycles. The average molecular weight is 400 g/mol. The van der Waals surface area contributed by atoms with Gasteiger partial charge in [-0.05, 0) is 31.2 Å². The zero-order chi connectivity index (χ0) is 21.3. The zero-order valence-electron chi connectivity index (χ0n) is 17.3. The number of amidine groups is 1. The maximum Gasteiger partial charge on any atom is 0.154 e. The molecule has 1 aliphatic heterocycles. The quantitative estimate of drug-likeness (QED) is 0.568. The third-order valence-electron chi connectivity index (χ3n) is 5.02. The summed E-state index contributed by atoms with van der Waals surface area (Å²) in [5.41, 5.74) is 12.0. The number of allylic oxidation sites excluding steroid dienone is 1. The highest BCUT2D eigenvalue weighted by molar-refractivity contribution is 6.11. The molecule has 0 saturated heterocycles. The number of aryl methyl sites for hydroxylation is 1. The Hall–Kier alpha value is -4.00. The third kappa shape index (κ3) is 3.53. The van der Waals surface area contributed by atoms with Crippen molar-refractivity contribution in [2.75, 3.05) is 23.4 Å². The molecular weight excluding hydrogens is 374 g/mol. The van der Waals surface area contributed by atoms with Crippen molar-refractivity contribution in [2.24, 2.45) is 12.0 Å². The Balaban J connectivity index is 1.75. The third-order valence-corrected chi connectivity index (χ3v) is 5.02. The van der Waals surface area contributed by atoms with Crippen molar-refractivity contribution in [1.29, 1.82) is 0 Å². The average Bonchev–Trinajstić information content (AvgIpc) is 3.12. The van der Waals surface area contributed by atoms with E-state index in [4.69, 9.17) is 10.7 Å². The van der Waals surface area contributed by atoms with Crippen LogP contribution in [0.15, 0.2) is 78.3 Å². The van der Waals surface area contributed by atoms with E-state index < -0.39 is 0 Å². The van der Waals surface area contributed by atoms with Gasteiger partial charge in [-0.3, -0.25) is 4.68 Å². The van der Waals surface area contributed by atoms with E-state index in [9.17, 15) is 0 Å². The minimum absolute atomic E-state index is 0.669. The number of aliphatic imine (C=N–C) groups is 1. The molecule has 0 amide bonds. The van der Waals surface area contributed by atoms with Gasteiger partial charge in [-0.2, -0.15) is 5.10 Å². The summed E-state index contributed by atoms with van der Waals surface area (Å²) in [5, 5.41) is 11.9. The second kappa shape index (κ2) is 7.79. The van der Waals surface area contributed by atoms with Crippen LogP contribution in [0.4, 0.5) is 17.1 Å². The van der Waals surface area contributed by atoms with E-state index in [1.807, 2.05) is 73.5 Å². The van der Waals surface area contributed by atoms with E-state index >= 15 is 0 Å². The monoisotopic (exact) mass is 399 g/mol. The largest absolute Gasteiger partial charge is 0.397 e. The Labute approximate surface area is 175 Å². The highest BCUT2D eigenvalue weighted by Crippen LogP contribution is 2.29. The van der Waals surface area contributed by atoms with Gasteiger partial charge in [0.05, 0.1) is 34.5 Å². The first kappa shape index (κ1) is 19.3. The van der Waals surface area contributed by atoms with Crippen molar-refractivity contribution >= 4 is 39.5 Å². The predicted molar refractivity (Wildman–Crippen MR) is 126 cm³/mol. The van der Waals surface area contributed by atoms with Crippen LogP contribution in [0.5, 0.6) is 0 Å². The maximum atomic E-state index is 6.00. The Morgan fingerprint density at radius 1 is 1.17 bits per heavy atom. The fourth-order valence-corrected chi connectivity index (χ4v) is 3.37. The van der Waals surface area contributed by atoms with E-state index in [1.165, 1.54) is 0 Å². The van der Waals surface area contributed by atoms with Gasteiger partial charge in [0.25, 0.3) is 0 Å². The molecule has 152 valence electrons. The van der Waals surface area contributed by atoms with Crippen molar-refractivity contribution in [3.8, 4) is 0 Å². The number of anilines is 3. The summed E-state index contributed by atoms with van der Waals surface area (Å²) in [6, 6.07) is 11.9. The SMILES string of the molecule is C=C1C(Nc2ccc(N)c(NC)c2)=NC(c2ccc3cnn(C)c3c2)=CN1/C=C\C. The number of aromatic nitrogens is 2. The normalized spacial score (nSPS) is 14.2. The summed E-state index contributed by atoms with van der Waals surface area (Å²) in [4.78, 5) is 6.84. The smallest absolute Gasteiger partial charge is 0.154 e. The molecule has 4 N–H and O–H groups in total. The Morgan fingerprint density at radius 2 is 2.00 bits per heavy atom. The minimum Gasteiger partial charge on any atom is -0.397 e. The van der Waals surface area contributed by atoms with Gasteiger partial charge in [0.1, 0.15) is 0 Å². The van der Waals surface area contributed by atoms with Crippen molar-refractivity contribution in [1.82, 2.24) is 14.7 Å². The summed E-state index contributed by atoms with van der Waals surface area (Å²) < 4.78 is 1.86. The molecule has 30 heavy (non-hydrogen) atoms. The van der Waals surface area contributed by atoms with E-state index in [1.54, 1.807) is 0 Å². The van der Waals surface area contributed by atoms with Gasteiger partial charge in [0.2, 0.25) is 0 Å². The molecule has 0 unspecified atom stereocenters. The number of benzene rings is 2. The standard InChI is InChI=1S/C23H25N7/c1-5-10-30-14-21(16-6-7-17-13-26-29(4)22(17)11-16)28-23(15(30)2)27-18-8-9-19(24)20(12-18)25-3/h5-14,25H,2,24H2,1,3-4H3,(H,27,28)/b10-5-. The van der Waals surface area contributed by atoms with Crippen LogP contribution in [0.2, 0.25) is 0 Å². The fraction of sp³-hybridized carbons (Fsp3) is 0.130. The lowest BCUT2D eigenvalue weighted by Crippen LogP contribution is -2.26. The first-order valence-corrected chi connectivity index (χ1v) is 9.67. The van der Waals surface area contributed by atoms with Gasteiger partial charge in [-0.25, -0.2) is 4.99 Å². The number of nitrogens with two attached hydrogens (primary N) is 1. The summed E-state index contributed by atoms with van der Waals surface area (Å²) >= 11 is 0. The minimum atomic E-state index is 0.669. The van der Waals surface area contributed by atoms with Gasteiger partial charge in [-0.15, -0.1) is 0 Å². The molecule has 2 heterocycles. The molecule has 2 aromatic carbocycles. The predicted octanol–water partition coefficient (Wildman–Crippen LogP) is 4.37. The van der Waals surface area contributed by atoms with Crippen LogP contribution in [0.25, 0.3) is 16.6 Å². The first-order chi connectivity index (χ1) is 14.5. The maximum absolute atomic E-state index is 6.00. The number of hydrogen-bond donors (Lipinski definition) is 3. The van der Waals surface area contributed by atoms with Crippen molar-refractivity contribution in [3.63, 3.8) is 0 Å². The molecule has 0 radical (unpaired) electrons. The Bertz CT molecular complexity index is 1210. The van der Waals surface area contributed by atoms with Crippen LogP contribution in [-0.4, -0.2) is 27.6 Å².